The second kappa shape index (κ2) is 5.96. The van der Waals surface area contributed by atoms with Crippen molar-refractivity contribution in [3.8, 4) is 17.2 Å². The molecule has 1 aliphatic rings. The summed E-state index contributed by atoms with van der Waals surface area (Å²) >= 11 is 12.4. The molecule has 0 amide bonds. The van der Waals surface area contributed by atoms with Gasteiger partial charge in [0, 0.05) is 34.2 Å². The number of allylic oxidation sites excluding steroid dienone is 1. The molecule has 3 N–H and O–H groups in total. The van der Waals surface area contributed by atoms with E-state index in [4.69, 9.17) is 27.9 Å². The van der Waals surface area contributed by atoms with Crippen LogP contribution in [0, 0.1) is 0 Å². The molecule has 1 atom stereocenters. The van der Waals surface area contributed by atoms with Crippen molar-refractivity contribution in [1.82, 2.24) is 0 Å². The van der Waals surface area contributed by atoms with Gasteiger partial charge in [-0.05, 0) is 30.2 Å². The standard InChI is InChI=1S/C17H14Cl2O4/c1-8-10(7-11-12(18)3-2-4-13(11)19)17(22)23-15-6-9(20)5-14(21)16(8)15/h2-6,17,20-22H,7H2,1H3. The van der Waals surface area contributed by atoms with Crippen molar-refractivity contribution < 1.29 is 20.1 Å². The fourth-order valence-corrected chi connectivity index (χ4v) is 3.24. The quantitative estimate of drug-likeness (QED) is 0.759. The summed E-state index contributed by atoms with van der Waals surface area (Å²) in [6, 6.07) is 7.76. The molecule has 1 unspecified atom stereocenters. The van der Waals surface area contributed by atoms with Crippen LogP contribution in [0.1, 0.15) is 18.1 Å². The third-order valence-corrected chi connectivity index (χ3v) is 4.60. The van der Waals surface area contributed by atoms with Gasteiger partial charge in [-0.2, -0.15) is 0 Å². The molecule has 0 saturated heterocycles. The monoisotopic (exact) mass is 352 g/mol. The summed E-state index contributed by atoms with van der Waals surface area (Å²) in [5, 5.41) is 30.9. The molecule has 0 fully saturated rings. The van der Waals surface area contributed by atoms with Gasteiger partial charge in [-0.3, -0.25) is 0 Å². The van der Waals surface area contributed by atoms with E-state index in [0.717, 1.165) is 0 Å². The Balaban J connectivity index is 2.11. The molecular weight excluding hydrogens is 339 g/mol. The van der Waals surface area contributed by atoms with Gasteiger partial charge in [-0.15, -0.1) is 0 Å². The van der Waals surface area contributed by atoms with E-state index in [1.165, 1.54) is 12.1 Å². The number of hydrogen-bond acceptors (Lipinski definition) is 4. The average molecular weight is 353 g/mol. The minimum absolute atomic E-state index is 0.118. The van der Waals surface area contributed by atoms with E-state index in [9.17, 15) is 15.3 Å². The predicted octanol–water partition coefficient (Wildman–Crippen LogP) is 4.13. The van der Waals surface area contributed by atoms with Gasteiger partial charge in [0.05, 0.1) is 5.56 Å². The van der Waals surface area contributed by atoms with E-state index in [2.05, 4.69) is 0 Å². The van der Waals surface area contributed by atoms with E-state index >= 15 is 0 Å². The lowest BCUT2D eigenvalue weighted by molar-refractivity contribution is 0.0101. The van der Waals surface area contributed by atoms with Crippen molar-refractivity contribution in [3.05, 3.63) is 57.1 Å². The van der Waals surface area contributed by atoms with Crippen molar-refractivity contribution in [2.45, 2.75) is 19.6 Å². The second-order valence-corrected chi connectivity index (χ2v) is 6.15. The van der Waals surface area contributed by atoms with Gasteiger partial charge >= 0.3 is 0 Å². The highest BCUT2D eigenvalue weighted by Gasteiger charge is 2.28. The van der Waals surface area contributed by atoms with E-state index < -0.39 is 6.29 Å². The molecule has 3 rings (SSSR count). The zero-order valence-corrected chi connectivity index (χ0v) is 13.7. The molecule has 0 spiro atoms. The van der Waals surface area contributed by atoms with Crippen molar-refractivity contribution >= 4 is 28.8 Å². The Bertz CT molecular complexity index is 794. The molecule has 4 nitrogen and oxygen atoms in total. The number of fused-ring (bicyclic) bond motifs is 1. The molecule has 2 aromatic carbocycles. The van der Waals surface area contributed by atoms with Gasteiger partial charge in [-0.25, -0.2) is 0 Å². The van der Waals surface area contributed by atoms with E-state index in [0.29, 0.717) is 32.3 Å². The van der Waals surface area contributed by atoms with Crippen molar-refractivity contribution in [2.75, 3.05) is 0 Å². The van der Waals surface area contributed by atoms with Gasteiger partial charge in [-0.1, -0.05) is 29.3 Å². The minimum Gasteiger partial charge on any atom is -0.508 e. The molecule has 0 saturated carbocycles. The van der Waals surface area contributed by atoms with Crippen LogP contribution in [-0.4, -0.2) is 21.6 Å². The van der Waals surface area contributed by atoms with Gasteiger partial charge in [0.15, 0.2) is 0 Å². The van der Waals surface area contributed by atoms with Gasteiger partial charge < -0.3 is 20.1 Å². The van der Waals surface area contributed by atoms with Crippen LogP contribution in [0.4, 0.5) is 0 Å². The van der Waals surface area contributed by atoms with Crippen molar-refractivity contribution in [1.29, 1.82) is 0 Å². The van der Waals surface area contributed by atoms with Crippen molar-refractivity contribution in [2.24, 2.45) is 0 Å². The highest BCUT2D eigenvalue weighted by molar-refractivity contribution is 6.36. The number of aliphatic hydroxyl groups is 1. The largest absolute Gasteiger partial charge is 0.508 e. The van der Waals surface area contributed by atoms with Crippen LogP contribution < -0.4 is 4.74 Å². The topological polar surface area (TPSA) is 69.9 Å². The smallest absolute Gasteiger partial charge is 0.221 e. The first-order valence-electron chi connectivity index (χ1n) is 6.92. The number of phenols is 2. The predicted molar refractivity (Wildman–Crippen MR) is 89.2 cm³/mol. The highest BCUT2D eigenvalue weighted by Crippen LogP contribution is 2.44. The van der Waals surface area contributed by atoms with Crippen LogP contribution in [0.25, 0.3) is 5.57 Å². The molecule has 0 bridgehead atoms. The Labute approximate surface area is 143 Å². The van der Waals surface area contributed by atoms with Crippen LogP contribution in [0.2, 0.25) is 10.0 Å². The summed E-state index contributed by atoms with van der Waals surface area (Å²) < 4.78 is 5.42. The number of aromatic hydroxyl groups is 2. The first-order valence-corrected chi connectivity index (χ1v) is 7.67. The SMILES string of the molecule is CC1=C(Cc2c(Cl)cccc2Cl)C(O)Oc2cc(O)cc(O)c21. The van der Waals surface area contributed by atoms with Crippen LogP contribution in [-0.2, 0) is 6.42 Å². The molecule has 0 radical (unpaired) electrons. The third-order valence-electron chi connectivity index (χ3n) is 3.89. The molecule has 1 heterocycles. The van der Waals surface area contributed by atoms with E-state index in [1.807, 2.05) is 0 Å². The Morgan fingerprint density at radius 1 is 1.13 bits per heavy atom. The number of halogens is 2. The molecule has 23 heavy (non-hydrogen) atoms. The Morgan fingerprint density at radius 2 is 1.78 bits per heavy atom. The van der Waals surface area contributed by atoms with Crippen LogP contribution in [0.15, 0.2) is 35.9 Å². The summed E-state index contributed by atoms with van der Waals surface area (Å²) in [5.41, 5.74) is 2.32. The van der Waals surface area contributed by atoms with Crippen molar-refractivity contribution in [3.63, 3.8) is 0 Å². The fourth-order valence-electron chi connectivity index (χ4n) is 2.71. The van der Waals surface area contributed by atoms with Gasteiger partial charge in [0.2, 0.25) is 6.29 Å². The molecule has 0 aromatic heterocycles. The molecule has 0 aliphatic carbocycles. The van der Waals surface area contributed by atoms with E-state index in [-0.39, 0.29) is 23.7 Å². The number of aliphatic hydroxyl groups excluding tert-OH is 1. The third kappa shape index (κ3) is 2.85. The summed E-state index contributed by atoms with van der Waals surface area (Å²) in [4.78, 5) is 0. The lowest BCUT2D eigenvalue weighted by Gasteiger charge is -2.28. The zero-order valence-electron chi connectivity index (χ0n) is 12.2. The molecule has 2 aromatic rings. The first kappa shape index (κ1) is 16.0. The highest BCUT2D eigenvalue weighted by atomic mass is 35.5. The molecule has 120 valence electrons. The minimum atomic E-state index is -1.21. The van der Waals surface area contributed by atoms with Crippen LogP contribution in [0.3, 0.4) is 0 Å². The summed E-state index contributed by atoms with van der Waals surface area (Å²) in [5.74, 6) is -0.0347. The lowest BCUT2D eigenvalue weighted by atomic mass is 9.92. The van der Waals surface area contributed by atoms with Gasteiger partial charge in [0.25, 0.3) is 0 Å². The Kier molecular flexibility index (Phi) is 4.15. The maximum absolute atomic E-state index is 10.3. The maximum atomic E-state index is 10.3. The Morgan fingerprint density at radius 3 is 2.43 bits per heavy atom. The number of hydrogen-bond donors (Lipinski definition) is 3. The number of rotatable bonds is 2. The molecular formula is C17H14Cl2O4. The molecule has 1 aliphatic heterocycles. The summed E-state index contributed by atoms with van der Waals surface area (Å²) in [7, 11) is 0. The number of ether oxygens (including phenoxy) is 1. The van der Waals surface area contributed by atoms with E-state index in [1.54, 1.807) is 25.1 Å². The second-order valence-electron chi connectivity index (χ2n) is 5.34. The van der Waals surface area contributed by atoms with Gasteiger partial charge in [0.1, 0.15) is 17.2 Å². The maximum Gasteiger partial charge on any atom is 0.221 e. The average Bonchev–Trinajstić information content (AvgIpc) is 2.44. The fraction of sp³-hybridized carbons (Fsp3) is 0.176. The lowest BCUT2D eigenvalue weighted by Crippen LogP contribution is -2.25. The zero-order chi connectivity index (χ0) is 16.7. The summed E-state index contributed by atoms with van der Waals surface area (Å²) in [6.07, 6.45) is -0.929. The summed E-state index contributed by atoms with van der Waals surface area (Å²) in [6.45, 7) is 1.77. The number of phenolic OH excluding ortho intramolecular Hbond substituents is 2. The molecule has 6 heteroatoms. The number of benzene rings is 2. The van der Waals surface area contributed by atoms with Crippen LogP contribution in [0.5, 0.6) is 17.2 Å². The first-order chi connectivity index (χ1) is 10.9. The van der Waals surface area contributed by atoms with Crippen LogP contribution >= 0.6 is 23.2 Å². The normalized spacial score (nSPS) is 17.0. The Hall–Kier alpha value is -1.88.